The van der Waals surface area contributed by atoms with Gasteiger partial charge in [-0.15, -0.1) is 0 Å². The number of carbonyl (C=O) groups is 1. The molecule has 30 heavy (non-hydrogen) atoms. The normalized spacial score (nSPS) is 16.5. The van der Waals surface area contributed by atoms with Crippen LogP contribution in [0.15, 0.2) is 53.4 Å². The number of carbonyl (C=O) groups excluding carboxylic acids is 1. The lowest BCUT2D eigenvalue weighted by Crippen LogP contribution is -2.42. The lowest BCUT2D eigenvalue weighted by atomic mass is 10.2. The molecule has 0 saturated carbocycles. The third-order valence-corrected chi connectivity index (χ3v) is 6.56. The lowest BCUT2D eigenvalue weighted by Gasteiger charge is -2.24. The Morgan fingerprint density at radius 3 is 2.60 bits per heavy atom. The number of nitrogens with one attached hydrogen (secondary N) is 1. The molecule has 1 aliphatic heterocycles. The first kappa shape index (κ1) is 21.9. The first-order chi connectivity index (χ1) is 14.3. The van der Waals surface area contributed by atoms with E-state index in [1.165, 1.54) is 12.1 Å². The van der Waals surface area contributed by atoms with E-state index in [4.69, 9.17) is 4.74 Å². The summed E-state index contributed by atoms with van der Waals surface area (Å²) in [5.74, 6) is -0.482. The molecule has 1 heterocycles. The van der Waals surface area contributed by atoms with Crippen molar-refractivity contribution in [3.05, 3.63) is 64.2 Å². The molecule has 0 spiro atoms. The van der Waals surface area contributed by atoms with E-state index in [-0.39, 0.29) is 23.2 Å². The minimum atomic E-state index is -4.06. The number of aryl methyl sites for hydroxylation is 1. The number of hydrogen-bond donors (Lipinski definition) is 1. The van der Waals surface area contributed by atoms with Crippen molar-refractivity contribution < 1.29 is 22.9 Å². The van der Waals surface area contributed by atoms with Crippen molar-refractivity contribution in [2.24, 2.45) is 0 Å². The molecule has 10 heteroatoms. The van der Waals surface area contributed by atoms with E-state index in [9.17, 15) is 23.3 Å². The maximum atomic E-state index is 13.2. The zero-order valence-corrected chi connectivity index (χ0v) is 17.3. The first-order valence-electron chi connectivity index (χ1n) is 9.48. The summed E-state index contributed by atoms with van der Waals surface area (Å²) in [6.45, 7) is 2.07. The van der Waals surface area contributed by atoms with Crippen LogP contribution in [0.4, 0.5) is 11.4 Å². The monoisotopic (exact) mass is 433 g/mol. The molecule has 1 aliphatic rings. The highest BCUT2D eigenvalue weighted by atomic mass is 32.2. The summed E-state index contributed by atoms with van der Waals surface area (Å²) >= 11 is 0. The van der Waals surface area contributed by atoms with Crippen molar-refractivity contribution in [1.82, 2.24) is 4.31 Å². The number of nitrogens with zero attached hydrogens (tertiary/aromatic N) is 2. The van der Waals surface area contributed by atoms with Gasteiger partial charge in [-0.25, -0.2) is 8.42 Å². The molecule has 1 N–H and O–H groups in total. The summed E-state index contributed by atoms with van der Waals surface area (Å²) in [7, 11) is -4.06. The van der Waals surface area contributed by atoms with Crippen molar-refractivity contribution in [1.29, 1.82) is 0 Å². The molecule has 0 aliphatic carbocycles. The van der Waals surface area contributed by atoms with Gasteiger partial charge in [0.2, 0.25) is 15.9 Å². The van der Waals surface area contributed by atoms with E-state index in [2.05, 4.69) is 5.32 Å². The van der Waals surface area contributed by atoms with E-state index >= 15 is 0 Å². The Morgan fingerprint density at radius 2 is 2.00 bits per heavy atom. The fourth-order valence-corrected chi connectivity index (χ4v) is 4.66. The van der Waals surface area contributed by atoms with Crippen LogP contribution in [0.1, 0.15) is 18.4 Å². The zero-order chi connectivity index (χ0) is 21.7. The Labute approximate surface area is 174 Å². The van der Waals surface area contributed by atoms with Gasteiger partial charge in [-0.1, -0.05) is 12.1 Å². The summed E-state index contributed by atoms with van der Waals surface area (Å²) in [5.41, 5.74) is 1.32. The summed E-state index contributed by atoms with van der Waals surface area (Å²) < 4.78 is 32.9. The van der Waals surface area contributed by atoms with Crippen LogP contribution >= 0.6 is 0 Å². The van der Waals surface area contributed by atoms with Crippen molar-refractivity contribution in [3.8, 4) is 0 Å². The number of amides is 1. The number of ether oxygens (including phenoxy) is 1. The molecule has 160 valence electrons. The van der Waals surface area contributed by atoms with Gasteiger partial charge in [0.1, 0.15) is 0 Å². The predicted octanol–water partition coefficient (Wildman–Crippen LogP) is 2.71. The number of hydrogen-bond acceptors (Lipinski definition) is 6. The second-order valence-electron chi connectivity index (χ2n) is 7.10. The van der Waals surface area contributed by atoms with Gasteiger partial charge in [0.05, 0.1) is 22.5 Å². The number of non-ortho nitro benzene ring substituents is 1. The molecule has 9 nitrogen and oxygen atoms in total. The van der Waals surface area contributed by atoms with Gasteiger partial charge < -0.3 is 10.1 Å². The molecule has 2 aromatic carbocycles. The highest BCUT2D eigenvalue weighted by Gasteiger charge is 2.31. The average Bonchev–Trinajstić information content (AvgIpc) is 3.20. The van der Waals surface area contributed by atoms with Crippen molar-refractivity contribution in [3.63, 3.8) is 0 Å². The molecule has 1 atom stereocenters. The third-order valence-electron chi connectivity index (χ3n) is 4.74. The second kappa shape index (κ2) is 9.33. The summed E-state index contributed by atoms with van der Waals surface area (Å²) in [4.78, 5) is 22.7. The number of rotatable bonds is 8. The summed E-state index contributed by atoms with van der Waals surface area (Å²) in [5, 5.41) is 13.6. The fraction of sp³-hybridized carbons (Fsp3) is 0.350. The molecule has 1 unspecified atom stereocenters. The van der Waals surface area contributed by atoms with E-state index in [1.807, 2.05) is 13.0 Å². The lowest BCUT2D eigenvalue weighted by molar-refractivity contribution is -0.384. The third kappa shape index (κ3) is 5.41. The van der Waals surface area contributed by atoms with Gasteiger partial charge in [-0.3, -0.25) is 14.9 Å². The smallest absolute Gasteiger partial charge is 0.269 e. The molecule has 1 fully saturated rings. The van der Waals surface area contributed by atoms with Gasteiger partial charge in [-0.2, -0.15) is 4.31 Å². The van der Waals surface area contributed by atoms with Gasteiger partial charge in [0.25, 0.3) is 5.69 Å². The van der Waals surface area contributed by atoms with Gasteiger partial charge in [-0.05, 0) is 49.6 Å². The van der Waals surface area contributed by atoms with Gasteiger partial charge in [0.15, 0.2) is 0 Å². The van der Waals surface area contributed by atoms with Crippen LogP contribution in [0, 0.1) is 17.0 Å². The van der Waals surface area contributed by atoms with Crippen molar-refractivity contribution in [2.75, 3.05) is 25.0 Å². The molecule has 2 aromatic rings. The van der Waals surface area contributed by atoms with Crippen LogP contribution in [0.3, 0.4) is 0 Å². The van der Waals surface area contributed by atoms with Crippen LogP contribution in [0.5, 0.6) is 0 Å². The van der Waals surface area contributed by atoms with E-state index in [1.54, 1.807) is 18.2 Å². The summed E-state index contributed by atoms with van der Waals surface area (Å²) in [6, 6.07) is 11.8. The van der Waals surface area contributed by atoms with Crippen molar-refractivity contribution in [2.45, 2.75) is 30.8 Å². The van der Waals surface area contributed by atoms with Crippen LogP contribution < -0.4 is 5.32 Å². The number of sulfonamides is 1. The molecule has 1 amide bonds. The SMILES string of the molecule is Cc1cccc(NC(=O)CN(CC2CCCO2)S(=O)(=O)c2ccc([N+](=O)[O-])cc2)c1. The maximum Gasteiger partial charge on any atom is 0.269 e. The Kier molecular flexibility index (Phi) is 6.80. The highest BCUT2D eigenvalue weighted by molar-refractivity contribution is 7.89. The average molecular weight is 433 g/mol. The topological polar surface area (TPSA) is 119 Å². The molecule has 0 radical (unpaired) electrons. The quantitative estimate of drug-likeness (QED) is 0.505. The number of nitro benzene ring substituents is 1. The molecule has 3 rings (SSSR count). The van der Waals surface area contributed by atoms with Crippen LogP contribution in [0.25, 0.3) is 0 Å². The van der Waals surface area contributed by atoms with Gasteiger partial charge >= 0.3 is 0 Å². The van der Waals surface area contributed by atoms with Crippen LogP contribution in [-0.2, 0) is 19.6 Å². The predicted molar refractivity (Wildman–Crippen MR) is 111 cm³/mol. The van der Waals surface area contributed by atoms with E-state index in [0.717, 1.165) is 28.4 Å². The number of anilines is 1. The van der Waals surface area contributed by atoms with Crippen LogP contribution in [-0.4, -0.2) is 49.4 Å². The van der Waals surface area contributed by atoms with Crippen molar-refractivity contribution >= 4 is 27.3 Å². The molecular formula is C20H23N3O6S. The standard InChI is InChI=1S/C20H23N3O6S/c1-15-4-2-5-16(12-15)21-20(24)14-22(13-18-6-3-11-29-18)30(27,28)19-9-7-17(8-10-19)23(25)26/h2,4-5,7-10,12,18H,3,6,11,13-14H2,1H3,(H,21,24). The molecule has 1 saturated heterocycles. The Morgan fingerprint density at radius 1 is 1.27 bits per heavy atom. The Bertz CT molecular complexity index is 1020. The molecular weight excluding hydrogens is 410 g/mol. The highest BCUT2D eigenvalue weighted by Crippen LogP contribution is 2.22. The van der Waals surface area contributed by atoms with E-state index in [0.29, 0.717) is 18.7 Å². The minimum Gasteiger partial charge on any atom is -0.377 e. The number of nitro groups is 1. The first-order valence-corrected chi connectivity index (χ1v) is 10.9. The molecule has 0 aromatic heterocycles. The van der Waals surface area contributed by atoms with E-state index < -0.39 is 27.4 Å². The zero-order valence-electron chi connectivity index (χ0n) is 16.5. The fourth-order valence-electron chi connectivity index (χ4n) is 3.24. The van der Waals surface area contributed by atoms with Crippen LogP contribution in [0.2, 0.25) is 0 Å². The van der Waals surface area contributed by atoms with Gasteiger partial charge in [0, 0.05) is 31.0 Å². The Balaban J connectivity index is 1.81. The largest absolute Gasteiger partial charge is 0.377 e. The second-order valence-corrected chi connectivity index (χ2v) is 9.04. The molecule has 0 bridgehead atoms. The summed E-state index contributed by atoms with van der Waals surface area (Å²) in [6.07, 6.45) is 1.22. The maximum absolute atomic E-state index is 13.2. The minimum absolute atomic E-state index is 0.0283. The number of benzene rings is 2. The Hall–Kier alpha value is -2.82.